The lowest BCUT2D eigenvalue weighted by Gasteiger charge is -2.09. The molecule has 0 aliphatic heterocycles. The van der Waals surface area contributed by atoms with Gasteiger partial charge >= 0.3 is 0 Å². The highest BCUT2D eigenvalue weighted by molar-refractivity contribution is 7.17. The molecule has 0 unspecified atom stereocenters. The quantitative estimate of drug-likeness (QED) is 0.468. The highest BCUT2D eigenvalue weighted by Crippen LogP contribution is 2.33. The molecule has 152 valence electrons. The first kappa shape index (κ1) is 20.3. The number of fused-ring (bicyclic) bond motifs is 1. The van der Waals surface area contributed by atoms with E-state index in [2.05, 4.69) is 16.4 Å². The van der Waals surface area contributed by atoms with Gasteiger partial charge < -0.3 is 5.32 Å². The van der Waals surface area contributed by atoms with Crippen LogP contribution in [-0.2, 0) is 11.3 Å². The first-order chi connectivity index (χ1) is 14.3. The van der Waals surface area contributed by atoms with Crippen LogP contribution < -0.4 is 10.9 Å². The molecule has 0 aliphatic carbocycles. The van der Waals surface area contributed by atoms with Crippen LogP contribution in [-0.4, -0.2) is 15.5 Å². The maximum Gasteiger partial charge on any atom is 0.263 e. The first-order valence-electron chi connectivity index (χ1n) is 9.44. The fourth-order valence-corrected chi connectivity index (χ4v) is 4.50. The molecular weight excluding hydrogens is 418 g/mol. The Morgan fingerprint density at radius 1 is 1.10 bits per heavy atom. The van der Waals surface area contributed by atoms with Gasteiger partial charge in [-0.15, -0.1) is 11.3 Å². The zero-order valence-electron chi connectivity index (χ0n) is 16.8. The standard InChI is InChI=1S/C23H20ClN3O2S/c1-13-4-7-17(15(3)8-13)18-11-30-22-21(18)23(29)27(12-25-22)10-20(28)26-16-6-5-14(2)19(24)9-16/h4-9,11-12H,10H2,1-3H3,(H,26,28). The van der Waals surface area contributed by atoms with Crippen molar-refractivity contribution < 1.29 is 4.79 Å². The maximum absolute atomic E-state index is 13.2. The fourth-order valence-electron chi connectivity index (χ4n) is 3.42. The lowest BCUT2D eigenvalue weighted by Crippen LogP contribution is -2.27. The molecule has 7 heteroatoms. The Labute approximate surface area is 183 Å². The van der Waals surface area contributed by atoms with E-state index < -0.39 is 0 Å². The van der Waals surface area contributed by atoms with E-state index in [1.54, 1.807) is 12.1 Å². The largest absolute Gasteiger partial charge is 0.324 e. The average Bonchev–Trinajstić information content (AvgIpc) is 3.11. The molecule has 0 bridgehead atoms. The summed E-state index contributed by atoms with van der Waals surface area (Å²) < 4.78 is 1.34. The van der Waals surface area contributed by atoms with Crippen molar-refractivity contribution in [1.82, 2.24) is 9.55 Å². The van der Waals surface area contributed by atoms with E-state index in [1.807, 2.05) is 44.4 Å². The summed E-state index contributed by atoms with van der Waals surface area (Å²) >= 11 is 7.55. The summed E-state index contributed by atoms with van der Waals surface area (Å²) in [5.41, 5.74) is 5.40. The van der Waals surface area contributed by atoms with E-state index in [1.165, 1.54) is 27.8 Å². The second kappa shape index (κ2) is 8.05. The second-order valence-electron chi connectivity index (χ2n) is 7.34. The predicted octanol–water partition coefficient (Wildman–Crippen LogP) is 5.34. The third-order valence-corrected chi connectivity index (χ3v) is 6.30. The van der Waals surface area contributed by atoms with Gasteiger partial charge in [0, 0.05) is 21.7 Å². The molecule has 1 amide bonds. The summed E-state index contributed by atoms with van der Waals surface area (Å²) in [6.45, 7) is 5.83. The number of anilines is 1. The van der Waals surface area contributed by atoms with Crippen molar-refractivity contribution >= 4 is 44.7 Å². The first-order valence-corrected chi connectivity index (χ1v) is 10.7. The number of thiophene rings is 1. The Hall–Kier alpha value is -2.96. The highest BCUT2D eigenvalue weighted by atomic mass is 35.5. The van der Waals surface area contributed by atoms with E-state index >= 15 is 0 Å². The van der Waals surface area contributed by atoms with Gasteiger partial charge in [0.15, 0.2) is 0 Å². The molecule has 2 aromatic heterocycles. The lowest BCUT2D eigenvalue weighted by molar-refractivity contribution is -0.116. The van der Waals surface area contributed by atoms with Gasteiger partial charge in [-0.25, -0.2) is 4.98 Å². The molecular formula is C23H20ClN3O2S. The van der Waals surface area contributed by atoms with Crippen molar-refractivity contribution in [3.05, 3.63) is 80.2 Å². The predicted molar refractivity (Wildman–Crippen MR) is 124 cm³/mol. The van der Waals surface area contributed by atoms with Crippen molar-refractivity contribution in [3.63, 3.8) is 0 Å². The zero-order valence-corrected chi connectivity index (χ0v) is 18.4. The Morgan fingerprint density at radius 2 is 1.90 bits per heavy atom. The number of hydrogen-bond acceptors (Lipinski definition) is 4. The van der Waals surface area contributed by atoms with Crippen LogP contribution in [0, 0.1) is 20.8 Å². The summed E-state index contributed by atoms with van der Waals surface area (Å²) in [6.07, 6.45) is 1.43. The number of aryl methyl sites for hydroxylation is 3. The van der Waals surface area contributed by atoms with E-state index in [9.17, 15) is 9.59 Å². The van der Waals surface area contributed by atoms with E-state index in [4.69, 9.17) is 11.6 Å². The number of amides is 1. The summed E-state index contributed by atoms with van der Waals surface area (Å²) in [4.78, 5) is 30.8. The maximum atomic E-state index is 13.2. The minimum atomic E-state index is -0.318. The molecule has 2 aromatic carbocycles. The molecule has 30 heavy (non-hydrogen) atoms. The van der Waals surface area contributed by atoms with Crippen molar-refractivity contribution in [1.29, 1.82) is 0 Å². The Kier molecular flexibility index (Phi) is 5.45. The van der Waals surface area contributed by atoms with Crippen LogP contribution in [0.25, 0.3) is 21.3 Å². The molecule has 4 aromatic rings. The third kappa shape index (κ3) is 3.88. The summed E-state index contributed by atoms with van der Waals surface area (Å²) in [5, 5.41) is 5.85. The SMILES string of the molecule is Cc1ccc(-c2csc3ncn(CC(=O)Nc4ccc(C)c(Cl)c4)c(=O)c23)c(C)c1. The number of carbonyl (C=O) groups excluding carboxylic acids is 1. The molecule has 5 nitrogen and oxygen atoms in total. The van der Waals surface area contributed by atoms with E-state index in [0.29, 0.717) is 20.9 Å². The molecule has 0 aliphatic rings. The summed E-state index contributed by atoms with van der Waals surface area (Å²) in [6, 6.07) is 11.4. The van der Waals surface area contributed by atoms with Gasteiger partial charge in [0.1, 0.15) is 11.4 Å². The summed E-state index contributed by atoms with van der Waals surface area (Å²) in [5.74, 6) is -0.318. The number of nitrogens with one attached hydrogen (secondary N) is 1. The van der Waals surface area contributed by atoms with Gasteiger partial charge in [-0.1, -0.05) is 41.4 Å². The third-order valence-electron chi connectivity index (χ3n) is 5.00. The minimum absolute atomic E-state index is 0.130. The fraction of sp³-hybridized carbons (Fsp3) is 0.174. The van der Waals surface area contributed by atoms with Crippen LogP contribution >= 0.6 is 22.9 Å². The topological polar surface area (TPSA) is 64.0 Å². The molecule has 4 rings (SSSR count). The molecule has 2 heterocycles. The molecule has 0 saturated heterocycles. The van der Waals surface area contributed by atoms with Gasteiger partial charge in [0.2, 0.25) is 5.91 Å². The number of aromatic nitrogens is 2. The van der Waals surface area contributed by atoms with Gasteiger partial charge in [-0.3, -0.25) is 14.2 Å². The van der Waals surface area contributed by atoms with Crippen LogP contribution in [0.2, 0.25) is 5.02 Å². The second-order valence-corrected chi connectivity index (χ2v) is 8.60. The van der Waals surface area contributed by atoms with Gasteiger partial charge in [0.25, 0.3) is 5.56 Å². The van der Waals surface area contributed by atoms with Crippen LogP contribution in [0.3, 0.4) is 0 Å². The number of rotatable bonds is 4. The van der Waals surface area contributed by atoms with Crippen molar-refractivity contribution in [2.45, 2.75) is 27.3 Å². The normalized spacial score (nSPS) is 11.1. The lowest BCUT2D eigenvalue weighted by atomic mass is 9.99. The van der Waals surface area contributed by atoms with Crippen LogP contribution in [0.1, 0.15) is 16.7 Å². The van der Waals surface area contributed by atoms with Crippen LogP contribution in [0.5, 0.6) is 0 Å². The molecule has 0 fully saturated rings. The van der Waals surface area contributed by atoms with Crippen LogP contribution in [0.15, 0.2) is 52.9 Å². The number of nitrogens with zero attached hydrogens (tertiary/aromatic N) is 2. The average molecular weight is 438 g/mol. The monoisotopic (exact) mass is 437 g/mol. The Bertz CT molecular complexity index is 1340. The number of hydrogen-bond donors (Lipinski definition) is 1. The number of carbonyl (C=O) groups is 1. The van der Waals surface area contributed by atoms with Gasteiger partial charge in [-0.05, 0) is 49.6 Å². The van der Waals surface area contributed by atoms with Crippen molar-refractivity contribution in [2.75, 3.05) is 5.32 Å². The number of halogens is 1. The van der Waals surface area contributed by atoms with E-state index in [0.717, 1.165) is 22.3 Å². The number of benzene rings is 2. The van der Waals surface area contributed by atoms with Crippen molar-refractivity contribution in [3.8, 4) is 11.1 Å². The minimum Gasteiger partial charge on any atom is -0.324 e. The van der Waals surface area contributed by atoms with Gasteiger partial charge in [-0.2, -0.15) is 0 Å². The molecule has 0 spiro atoms. The molecule has 0 saturated carbocycles. The Morgan fingerprint density at radius 3 is 2.63 bits per heavy atom. The Balaban J connectivity index is 1.67. The van der Waals surface area contributed by atoms with Crippen molar-refractivity contribution in [2.24, 2.45) is 0 Å². The zero-order chi connectivity index (χ0) is 21.4. The van der Waals surface area contributed by atoms with Gasteiger partial charge in [0.05, 0.1) is 11.7 Å². The smallest absolute Gasteiger partial charge is 0.263 e. The van der Waals surface area contributed by atoms with Crippen LogP contribution in [0.4, 0.5) is 5.69 Å². The van der Waals surface area contributed by atoms with E-state index in [-0.39, 0.29) is 18.0 Å². The molecule has 0 atom stereocenters. The highest BCUT2D eigenvalue weighted by Gasteiger charge is 2.16. The molecule has 1 N–H and O–H groups in total. The summed E-state index contributed by atoms with van der Waals surface area (Å²) in [7, 11) is 0. The molecule has 0 radical (unpaired) electrons.